The zero-order valence-electron chi connectivity index (χ0n) is 18.8. The molecule has 0 radical (unpaired) electrons. The number of carbonyl (C=O) groups is 1. The maximum Gasteiger partial charge on any atom is 0.404 e. The number of anilines is 1. The van der Waals surface area contributed by atoms with Crippen LogP contribution in [0, 0.1) is 5.92 Å². The molecule has 1 aromatic rings. The van der Waals surface area contributed by atoms with Gasteiger partial charge < -0.3 is 14.4 Å². The first-order chi connectivity index (χ1) is 14.7. The van der Waals surface area contributed by atoms with Crippen molar-refractivity contribution in [3.05, 3.63) is 23.8 Å². The Kier molecular flexibility index (Phi) is 8.40. The van der Waals surface area contributed by atoms with Crippen molar-refractivity contribution < 1.29 is 35.9 Å². The standard InChI is InChI=1S/C20H30F3N3O5S/c1-13-9-25(3)14(2)11-31-17-8-15(24-32(28,29)12-20(21,22)23)6-7-16(17)19(27)26(4)10-18(13)30-5/h6-8,13-14,18,24H,9-12H2,1-5H3/t13-,14-,18+/m1/s1. The van der Waals surface area contributed by atoms with Gasteiger partial charge in [-0.3, -0.25) is 14.4 Å². The van der Waals surface area contributed by atoms with E-state index in [1.54, 1.807) is 14.2 Å². The van der Waals surface area contributed by atoms with Crippen LogP contribution in [0.15, 0.2) is 18.2 Å². The highest BCUT2D eigenvalue weighted by molar-refractivity contribution is 7.92. The van der Waals surface area contributed by atoms with E-state index in [2.05, 4.69) is 4.90 Å². The number of ether oxygens (including phenoxy) is 2. The number of amides is 1. The summed E-state index contributed by atoms with van der Waals surface area (Å²) in [5.74, 6) is -2.18. The van der Waals surface area contributed by atoms with E-state index in [4.69, 9.17) is 9.47 Å². The number of likely N-dealkylation sites (N-methyl/N-ethyl adjacent to an activating group) is 2. The number of hydrogen-bond donors (Lipinski definition) is 1. The number of nitrogens with zero attached hydrogens (tertiary/aromatic N) is 2. The minimum Gasteiger partial charge on any atom is -0.491 e. The fraction of sp³-hybridized carbons (Fsp3) is 0.650. The molecular weight excluding hydrogens is 451 g/mol. The first kappa shape index (κ1) is 26.2. The van der Waals surface area contributed by atoms with Crippen molar-refractivity contribution in [2.24, 2.45) is 5.92 Å². The van der Waals surface area contributed by atoms with Crippen molar-refractivity contribution in [3.63, 3.8) is 0 Å². The van der Waals surface area contributed by atoms with E-state index >= 15 is 0 Å². The number of alkyl halides is 3. The number of methoxy groups -OCH3 is 1. The molecule has 8 nitrogen and oxygen atoms in total. The summed E-state index contributed by atoms with van der Waals surface area (Å²) in [5, 5.41) is 0. The van der Waals surface area contributed by atoms with Crippen molar-refractivity contribution in [1.29, 1.82) is 0 Å². The van der Waals surface area contributed by atoms with Gasteiger partial charge in [0.1, 0.15) is 12.4 Å². The third kappa shape index (κ3) is 7.24. The largest absolute Gasteiger partial charge is 0.491 e. The molecule has 12 heteroatoms. The third-order valence-corrected chi connectivity index (χ3v) is 6.64. The zero-order valence-corrected chi connectivity index (χ0v) is 19.6. The first-order valence-electron chi connectivity index (χ1n) is 10.0. The average Bonchev–Trinajstić information content (AvgIpc) is 2.66. The van der Waals surface area contributed by atoms with Gasteiger partial charge in [0.2, 0.25) is 10.0 Å². The smallest absolute Gasteiger partial charge is 0.404 e. The van der Waals surface area contributed by atoms with Crippen LogP contribution < -0.4 is 9.46 Å². The second kappa shape index (κ2) is 10.3. The molecule has 1 aliphatic rings. The molecule has 0 unspecified atom stereocenters. The summed E-state index contributed by atoms with van der Waals surface area (Å²) in [7, 11) is 0.463. The van der Waals surface area contributed by atoms with Gasteiger partial charge >= 0.3 is 6.18 Å². The highest BCUT2D eigenvalue weighted by Crippen LogP contribution is 2.28. The fourth-order valence-corrected chi connectivity index (χ4v) is 4.44. The molecule has 1 heterocycles. The number of sulfonamides is 1. The molecule has 0 fully saturated rings. The molecule has 0 saturated carbocycles. The molecule has 0 spiro atoms. The van der Waals surface area contributed by atoms with Gasteiger partial charge in [0, 0.05) is 39.4 Å². The van der Waals surface area contributed by atoms with Crippen LogP contribution in [0.25, 0.3) is 0 Å². The predicted molar refractivity (Wildman–Crippen MR) is 114 cm³/mol. The van der Waals surface area contributed by atoms with Crippen molar-refractivity contribution in [3.8, 4) is 5.75 Å². The zero-order chi connectivity index (χ0) is 24.3. The van der Waals surface area contributed by atoms with Gasteiger partial charge in [0.05, 0.1) is 17.4 Å². The highest BCUT2D eigenvalue weighted by atomic mass is 32.2. The molecule has 3 atom stereocenters. The number of hydrogen-bond acceptors (Lipinski definition) is 6. The van der Waals surface area contributed by atoms with Gasteiger partial charge in [-0.2, -0.15) is 13.2 Å². The molecule has 182 valence electrons. The second-order valence-corrected chi connectivity index (χ2v) is 9.95. The summed E-state index contributed by atoms with van der Waals surface area (Å²) < 4.78 is 74.6. The maximum absolute atomic E-state index is 13.0. The van der Waals surface area contributed by atoms with Gasteiger partial charge in [-0.05, 0) is 32.0 Å². The molecule has 0 aliphatic carbocycles. The summed E-state index contributed by atoms with van der Waals surface area (Å²) in [6, 6.07) is 3.75. The van der Waals surface area contributed by atoms with Crippen LogP contribution in [0.1, 0.15) is 24.2 Å². The van der Waals surface area contributed by atoms with Gasteiger partial charge in [0.25, 0.3) is 5.91 Å². The SMILES string of the molecule is CO[C@H]1CN(C)C(=O)c2ccc(NS(=O)(=O)CC(F)(F)F)cc2OC[C@@H](C)N(C)C[C@H]1C. The Balaban J connectivity index is 2.39. The van der Waals surface area contributed by atoms with E-state index < -0.39 is 22.0 Å². The lowest BCUT2D eigenvalue weighted by Gasteiger charge is -2.34. The topological polar surface area (TPSA) is 88.2 Å². The van der Waals surface area contributed by atoms with E-state index in [-0.39, 0.29) is 47.6 Å². The molecule has 0 aromatic heterocycles. The fourth-order valence-electron chi connectivity index (χ4n) is 3.45. The summed E-state index contributed by atoms with van der Waals surface area (Å²) >= 11 is 0. The summed E-state index contributed by atoms with van der Waals surface area (Å²) in [6.07, 6.45) is -5.09. The Hall–Kier alpha value is -2.05. The summed E-state index contributed by atoms with van der Waals surface area (Å²) in [4.78, 5) is 16.6. The number of rotatable bonds is 4. The van der Waals surface area contributed by atoms with E-state index in [9.17, 15) is 26.4 Å². The van der Waals surface area contributed by atoms with Crippen LogP contribution in [-0.4, -0.2) is 89.1 Å². The predicted octanol–water partition coefficient (Wildman–Crippen LogP) is 2.43. The quantitative estimate of drug-likeness (QED) is 0.711. The minimum absolute atomic E-state index is 0.0550. The number of benzene rings is 1. The molecule has 1 amide bonds. The Morgan fingerprint density at radius 2 is 1.88 bits per heavy atom. The van der Waals surface area contributed by atoms with Crippen LogP contribution in [0.3, 0.4) is 0 Å². The molecule has 1 aromatic carbocycles. The maximum atomic E-state index is 13.0. The van der Waals surface area contributed by atoms with Gasteiger partial charge in [-0.25, -0.2) is 8.42 Å². The molecule has 0 saturated heterocycles. The lowest BCUT2D eigenvalue weighted by atomic mass is 10.0. The summed E-state index contributed by atoms with van der Waals surface area (Å²) in [6.45, 7) is 5.16. The Morgan fingerprint density at radius 1 is 1.22 bits per heavy atom. The molecule has 1 aliphatic heterocycles. The molecule has 0 bridgehead atoms. The van der Waals surface area contributed by atoms with E-state index in [0.29, 0.717) is 13.1 Å². The Morgan fingerprint density at radius 3 is 2.47 bits per heavy atom. The minimum atomic E-state index is -4.88. The van der Waals surface area contributed by atoms with Crippen LogP contribution in [0.4, 0.5) is 18.9 Å². The van der Waals surface area contributed by atoms with Crippen LogP contribution in [0.5, 0.6) is 5.75 Å². The number of fused-ring (bicyclic) bond motifs is 1. The van der Waals surface area contributed by atoms with E-state index in [1.807, 2.05) is 25.6 Å². The first-order valence-corrected chi connectivity index (χ1v) is 11.7. The van der Waals surface area contributed by atoms with Gasteiger partial charge in [-0.1, -0.05) is 6.92 Å². The Bertz CT molecular complexity index is 910. The van der Waals surface area contributed by atoms with E-state index in [0.717, 1.165) is 0 Å². The van der Waals surface area contributed by atoms with E-state index in [1.165, 1.54) is 23.1 Å². The lowest BCUT2D eigenvalue weighted by molar-refractivity contribution is -0.106. The third-order valence-electron chi connectivity index (χ3n) is 5.39. The van der Waals surface area contributed by atoms with Crippen LogP contribution >= 0.6 is 0 Å². The molecular formula is C20H30F3N3O5S. The van der Waals surface area contributed by atoms with Crippen molar-refractivity contribution in [2.45, 2.75) is 32.2 Å². The monoisotopic (exact) mass is 481 g/mol. The van der Waals surface area contributed by atoms with Gasteiger partial charge in [-0.15, -0.1) is 0 Å². The number of halogens is 3. The summed E-state index contributed by atoms with van der Waals surface area (Å²) in [5.41, 5.74) is 0.0455. The van der Waals surface area contributed by atoms with Crippen LogP contribution in [-0.2, 0) is 14.8 Å². The molecule has 32 heavy (non-hydrogen) atoms. The average molecular weight is 482 g/mol. The van der Waals surface area contributed by atoms with Crippen molar-refractivity contribution in [2.75, 3.05) is 51.4 Å². The lowest BCUT2D eigenvalue weighted by Crippen LogP contribution is -2.45. The highest BCUT2D eigenvalue weighted by Gasteiger charge is 2.35. The normalized spacial score (nSPS) is 24.2. The number of carbonyl (C=O) groups excluding carboxylic acids is 1. The second-order valence-electron chi connectivity index (χ2n) is 8.22. The van der Waals surface area contributed by atoms with Gasteiger partial charge in [0.15, 0.2) is 5.75 Å². The molecule has 1 N–H and O–H groups in total. The Labute approximate surface area is 186 Å². The van der Waals surface area contributed by atoms with Crippen LogP contribution in [0.2, 0.25) is 0 Å². The molecule has 2 rings (SSSR count). The number of nitrogens with one attached hydrogen (secondary N) is 1. The van der Waals surface area contributed by atoms with Crippen molar-refractivity contribution >= 4 is 21.6 Å². The van der Waals surface area contributed by atoms with Crippen molar-refractivity contribution in [1.82, 2.24) is 9.80 Å².